The zero-order valence-electron chi connectivity index (χ0n) is 10.6. The van der Waals surface area contributed by atoms with E-state index in [0.717, 1.165) is 6.20 Å². The topological polar surface area (TPSA) is 76.6 Å². The Kier molecular flexibility index (Phi) is 2.96. The van der Waals surface area contributed by atoms with Gasteiger partial charge in [-0.15, -0.1) is 0 Å². The second kappa shape index (κ2) is 4.69. The number of halogens is 3. The SMILES string of the molecule is COc1ccc(-c2nc3nc(C(F)(F)F)ncc3[nH]2)cn1. The molecule has 1 N–H and O–H groups in total. The van der Waals surface area contributed by atoms with Crippen LogP contribution in [0.15, 0.2) is 24.5 Å². The zero-order chi connectivity index (χ0) is 15.0. The number of fused-ring (bicyclic) bond motifs is 1. The van der Waals surface area contributed by atoms with Crippen molar-refractivity contribution >= 4 is 11.2 Å². The summed E-state index contributed by atoms with van der Waals surface area (Å²) < 4.78 is 42.6. The monoisotopic (exact) mass is 295 g/mol. The Balaban J connectivity index is 2.04. The Morgan fingerprint density at radius 3 is 2.52 bits per heavy atom. The van der Waals surface area contributed by atoms with Crippen LogP contribution in [0.5, 0.6) is 5.88 Å². The summed E-state index contributed by atoms with van der Waals surface area (Å²) in [6, 6.07) is 3.30. The molecule has 3 aromatic heterocycles. The molecule has 9 heteroatoms. The molecular weight excluding hydrogens is 287 g/mol. The highest BCUT2D eigenvalue weighted by atomic mass is 19.4. The Morgan fingerprint density at radius 2 is 1.90 bits per heavy atom. The first-order chi connectivity index (χ1) is 9.97. The molecule has 3 heterocycles. The third-order valence-corrected chi connectivity index (χ3v) is 2.71. The zero-order valence-corrected chi connectivity index (χ0v) is 10.6. The fourth-order valence-corrected chi connectivity index (χ4v) is 1.72. The normalized spacial score (nSPS) is 11.8. The van der Waals surface area contributed by atoms with Crippen LogP contribution in [-0.4, -0.2) is 32.0 Å². The summed E-state index contributed by atoms with van der Waals surface area (Å²) >= 11 is 0. The molecule has 0 atom stereocenters. The van der Waals surface area contributed by atoms with E-state index in [4.69, 9.17) is 4.74 Å². The van der Waals surface area contributed by atoms with Crippen LogP contribution >= 0.6 is 0 Å². The van der Waals surface area contributed by atoms with E-state index >= 15 is 0 Å². The Hall–Kier alpha value is -2.71. The molecule has 0 aliphatic heterocycles. The maximum atomic E-state index is 12.5. The largest absolute Gasteiger partial charge is 0.481 e. The van der Waals surface area contributed by atoms with E-state index in [1.807, 2.05) is 0 Å². The molecule has 0 spiro atoms. The Labute approximate surface area is 116 Å². The minimum Gasteiger partial charge on any atom is -0.481 e. The van der Waals surface area contributed by atoms with Gasteiger partial charge in [0.15, 0.2) is 5.65 Å². The minimum absolute atomic E-state index is 0.0526. The molecule has 0 saturated carbocycles. The molecule has 0 fully saturated rings. The van der Waals surface area contributed by atoms with E-state index in [-0.39, 0.29) is 5.65 Å². The molecule has 0 aromatic carbocycles. The lowest BCUT2D eigenvalue weighted by atomic mass is 10.3. The summed E-state index contributed by atoms with van der Waals surface area (Å²) in [6.07, 6.45) is -2.05. The van der Waals surface area contributed by atoms with Gasteiger partial charge in [0.25, 0.3) is 0 Å². The second-order valence-corrected chi connectivity index (χ2v) is 4.10. The number of alkyl halides is 3. The predicted octanol–water partition coefficient (Wildman–Crippen LogP) is 2.44. The molecule has 6 nitrogen and oxygen atoms in total. The van der Waals surface area contributed by atoms with Gasteiger partial charge < -0.3 is 9.72 Å². The Morgan fingerprint density at radius 1 is 1.10 bits per heavy atom. The highest BCUT2D eigenvalue weighted by Crippen LogP contribution is 2.27. The molecule has 3 aromatic rings. The lowest BCUT2D eigenvalue weighted by Crippen LogP contribution is -2.10. The lowest BCUT2D eigenvalue weighted by Gasteiger charge is -2.02. The van der Waals surface area contributed by atoms with Gasteiger partial charge in [-0.05, 0) is 6.07 Å². The van der Waals surface area contributed by atoms with Crippen molar-refractivity contribution in [3.05, 3.63) is 30.4 Å². The first-order valence-corrected chi connectivity index (χ1v) is 5.78. The van der Waals surface area contributed by atoms with E-state index in [1.165, 1.54) is 13.3 Å². The van der Waals surface area contributed by atoms with Gasteiger partial charge in [-0.1, -0.05) is 0 Å². The third-order valence-electron chi connectivity index (χ3n) is 2.71. The lowest BCUT2D eigenvalue weighted by molar-refractivity contribution is -0.144. The van der Waals surface area contributed by atoms with Crippen molar-refractivity contribution in [1.29, 1.82) is 0 Å². The standard InChI is InChI=1S/C12H8F3N5O/c1-21-8-3-2-6(4-16-8)9-18-7-5-17-11(12(13,14)15)20-10(7)19-9/h2-5H,1H3,(H,17,18,19,20). The molecule has 0 radical (unpaired) electrons. The molecular formula is C12H8F3N5O. The highest BCUT2D eigenvalue weighted by Gasteiger charge is 2.35. The summed E-state index contributed by atoms with van der Waals surface area (Å²) in [5.41, 5.74) is 0.860. The van der Waals surface area contributed by atoms with Crippen LogP contribution in [0, 0.1) is 0 Å². The highest BCUT2D eigenvalue weighted by molar-refractivity contribution is 5.74. The number of aromatic nitrogens is 5. The number of rotatable bonds is 2. The van der Waals surface area contributed by atoms with Gasteiger partial charge in [0.1, 0.15) is 11.3 Å². The van der Waals surface area contributed by atoms with Crippen LogP contribution in [0.25, 0.3) is 22.6 Å². The number of hydrogen-bond acceptors (Lipinski definition) is 5. The number of ether oxygens (including phenoxy) is 1. The van der Waals surface area contributed by atoms with Crippen molar-refractivity contribution < 1.29 is 17.9 Å². The first kappa shape index (κ1) is 13.3. The average molecular weight is 295 g/mol. The van der Waals surface area contributed by atoms with Crippen molar-refractivity contribution in [2.45, 2.75) is 6.18 Å². The van der Waals surface area contributed by atoms with Gasteiger partial charge in [0, 0.05) is 17.8 Å². The number of hydrogen-bond donors (Lipinski definition) is 1. The van der Waals surface area contributed by atoms with Gasteiger partial charge in [-0.25, -0.2) is 19.9 Å². The van der Waals surface area contributed by atoms with Gasteiger partial charge in [0.2, 0.25) is 11.7 Å². The first-order valence-electron chi connectivity index (χ1n) is 5.78. The van der Waals surface area contributed by atoms with E-state index < -0.39 is 12.0 Å². The van der Waals surface area contributed by atoms with Crippen LogP contribution in [0.3, 0.4) is 0 Å². The molecule has 3 rings (SSSR count). The van der Waals surface area contributed by atoms with Crippen LogP contribution in [0.1, 0.15) is 5.82 Å². The molecule has 21 heavy (non-hydrogen) atoms. The molecule has 0 unspecified atom stereocenters. The number of H-pyrrole nitrogens is 1. The Bertz CT molecular complexity index is 782. The van der Waals surface area contributed by atoms with E-state index in [0.29, 0.717) is 22.8 Å². The maximum absolute atomic E-state index is 12.5. The number of aromatic amines is 1. The fourth-order valence-electron chi connectivity index (χ4n) is 1.72. The van der Waals surface area contributed by atoms with Crippen LogP contribution in [0.2, 0.25) is 0 Å². The molecule has 0 aliphatic rings. The molecule has 0 amide bonds. The predicted molar refractivity (Wildman–Crippen MR) is 66.5 cm³/mol. The fraction of sp³-hybridized carbons (Fsp3) is 0.167. The summed E-state index contributed by atoms with van der Waals surface area (Å²) in [5, 5.41) is 0. The number of methoxy groups -OCH3 is 1. The average Bonchev–Trinajstić information content (AvgIpc) is 2.89. The van der Waals surface area contributed by atoms with Gasteiger partial charge >= 0.3 is 6.18 Å². The minimum atomic E-state index is -4.60. The van der Waals surface area contributed by atoms with Gasteiger partial charge in [-0.2, -0.15) is 13.2 Å². The van der Waals surface area contributed by atoms with Crippen molar-refractivity contribution in [1.82, 2.24) is 24.9 Å². The van der Waals surface area contributed by atoms with Crippen molar-refractivity contribution in [2.24, 2.45) is 0 Å². The van der Waals surface area contributed by atoms with Crippen molar-refractivity contribution in [2.75, 3.05) is 7.11 Å². The quantitative estimate of drug-likeness (QED) is 0.785. The second-order valence-electron chi connectivity index (χ2n) is 4.10. The summed E-state index contributed by atoms with van der Waals surface area (Å²) in [6.45, 7) is 0. The van der Waals surface area contributed by atoms with Crippen LogP contribution < -0.4 is 4.74 Å². The maximum Gasteiger partial charge on any atom is 0.451 e. The number of nitrogens with zero attached hydrogens (tertiary/aromatic N) is 4. The van der Waals surface area contributed by atoms with Gasteiger partial charge in [-0.3, -0.25) is 0 Å². The molecule has 108 valence electrons. The van der Waals surface area contributed by atoms with Crippen LogP contribution in [-0.2, 0) is 6.18 Å². The van der Waals surface area contributed by atoms with E-state index in [9.17, 15) is 13.2 Å². The number of nitrogens with one attached hydrogen (secondary N) is 1. The van der Waals surface area contributed by atoms with Crippen LogP contribution in [0.4, 0.5) is 13.2 Å². The van der Waals surface area contributed by atoms with E-state index in [2.05, 4.69) is 24.9 Å². The molecule has 0 bridgehead atoms. The summed E-state index contributed by atoms with van der Waals surface area (Å²) in [5.74, 6) is -0.441. The summed E-state index contributed by atoms with van der Waals surface area (Å²) in [4.78, 5) is 17.5. The number of pyridine rings is 1. The smallest absolute Gasteiger partial charge is 0.451 e. The van der Waals surface area contributed by atoms with Crippen molar-refractivity contribution in [3.63, 3.8) is 0 Å². The van der Waals surface area contributed by atoms with Crippen molar-refractivity contribution in [3.8, 4) is 17.3 Å². The van der Waals surface area contributed by atoms with Gasteiger partial charge in [0.05, 0.1) is 13.3 Å². The molecule has 0 aliphatic carbocycles. The number of imidazole rings is 1. The summed E-state index contributed by atoms with van der Waals surface area (Å²) in [7, 11) is 1.48. The molecule has 0 saturated heterocycles. The third kappa shape index (κ3) is 2.49. The van der Waals surface area contributed by atoms with E-state index in [1.54, 1.807) is 12.1 Å².